The van der Waals surface area contributed by atoms with Crippen molar-refractivity contribution < 1.29 is 19.1 Å². The normalized spacial score (nSPS) is 15.8. The third-order valence-corrected chi connectivity index (χ3v) is 4.29. The number of halogens is 1. The minimum absolute atomic E-state index is 0.0388. The molecule has 128 valence electrons. The highest BCUT2D eigenvalue weighted by atomic mass is 35.5. The van der Waals surface area contributed by atoms with Gasteiger partial charge in [0.05, 0.1) is 29.3 Å². The number of ether oxygens (including phenoxy) is 1. The fraction of sp³-hybridized carbons (Fsp3) is 0.167. The molecule has 0 unspecified atom stereocenters. The maximum Gasteiger partial charge on any atom is 0.337 e. The third kappa shape index (κ3) is 3.49. The van der Waals surface area contributed by atoms with E-state index in [1.165, 1.54) is 25.3 Å². The Hall–Kier alpha value is -2.86. The van der Waals surface area contributed by atoms with Gasteiger partial charge in [0.1, 0.15) is 0 Å². The summed E-state index contributed by atoms with van der Waals surface area (Å²) < 4.78 is 4.67. The van der Waals surface area contributed by atoms with E-state index in [2.05, 4.69) is 15.4 Å². The van der Waals surface area contributed by atoms with Gasteiger partial charge in [-0.15, -0.1) is 0 Å². The highest BCUT2D eigenvalue weighted by molar-refractivity contribution is 6.34. The number of amides is 2. The Balaban J connectivity index is 1.88. The lowest BCUT2D eigenvalue weighted by atomic mass is 9.90. The molecule has 0 radical (unpaired) electrons. The van der Waals surface area contributed by atoms with Crippen LogP contribution < -0.4 is 10.6 Å². The lowest BCUT2D eigenvalue weighted by Gasteiger charge is -2.25. The highest BCUT2D eigenvalue weighted by Crippen LogP contribution is 2.33. The first-order valence-corrected chi connectivity index (χ1v) is 7.95. The number of nitrogens with one attached hydrogen (secondary N) is 2. The number of carbonyl (C=O) groups is 3. The van der Waals surface area contributed by atoms with Crippen molar-refractivity contribution >= 4 is 40.8 Å². The van der Waals surface area contributed by atoms with Crippen LogP contribution in [0.2, 0.25) is 5.02 Å². The van der Waals surface area contributed by atoms with Gasteiger partial charge in [-0.1, -0.05) is 29.8 Å². The van der Waals surface area contributed by atoms with Gasteiger partial charge in [0.25, 0.3) is 0 Å². The molecule has 3 rings (SSSR count). The molecule has 0 saturated carbocycles. The van der Waals surface area contributed by atoms with E-state index in [-0.39, 0.29) is 34.5 Å². The monoisotopic (exact) mass is 358 g/mol. The van der Waals surface area contributed by atoms with E-state index in [9.17, 15) is 14.4 Å². The van der Waals surface area contributed by atoms with Crippen molar-refractivity contribution in [3.05, 3.63) is 58.6 Å². The van der Waals surface area contributed by atoms with Crippen LogP contribution >= 0.6 is 11.6 Å². The molecule has 2 amide bonds. The largest absolute Gasteiger partial charge is 0.465 e. The van der Waals surface area contributed by atoms with Gasteiger partial charge in [0, 0.05) is 12.1 Å². The first kappa shape index (κ1) is 17.0. The van der Waals surface area contributed by atoms with Gasteiger partial charge in [-0.2, -0.15) is 0 Å². The Bertz CT molecular complexity index is 866. The number of rotatable bonds is 3. The van der Waals surface area contributed by atoms with Gasteiger partial charge < -0.3 is 15.4 Å². The minimum atomic E-state index is -0.636. The van der Waals surface area contributed by atoms with Crippen molar-refractivity contribution in [3.63, 3.8) is 0 Å². The van der Waals surface area contributed by atoms with E-state index in [1.807, 2.05) is 0 Å². The molecule has 0 bridgehead atoms. The summed E-state index contributed by atoms with van der Waals surface area (Å²) in [7, 11) is 1.27. The Morgan fingerprint density at radius 1 is 1.24 bits per heavy atom. The maximum absolute atomic E-state index is 12.7. The number of carbonyl (C=O) groups excluding carboxylic acids is 3. The highest BCUT2D eigenvalue weighted by Gasteiger charge is 2.30. The molecule has 1 aliphatic heterocycles. The molecule has 1 atom stereocenters. The number of fused-ring (bicyclic) bond motifs is 1. The summed E-state index contributed by atoms with van der Waals surface area (Å²) in [5.74, 6) is -1.77. The van der Waals surface area contributed by atoms with Crippen LogP contribution in [0.25, 0.3) is 0 Å². The van der Waals surface area contributed by atoms with Gasteiger partial charge in [0.2, 0.25) is 11.8 Å². The standard InChI is InChI=1S/C18H15ClN2O4/c1-25-18(24)10-6-7-13(19)15(8-10)21-17(23)12-9-16(22)20-14-5-3-2-4-11(12)14/h2-8,12H,9H2,1H3,(H,20,22)(H,21,23)/t12-/m1/s1. The van der Waals surface area contributed by atoms with Crippen LogP contribution in [-0.2, 0) is 14.3 Å². The Kier molecular flexibility index (Phi) is 4.72. The molecule has 0 saturated heterocycles. The minimum Gasteiger partial charge on any atom is -0.465 e. The lowest BCUT2D eigenvalue weighted by molar-refractivity contribution is -0.123. The van der Waals surface area contributed by atoms with Crippen LogP contribution in [0.15, 0.2) is 42.5 Å². The molecule has 1 heterocycles. The molecule has 2 aromatic carbocycles. The maximum atomic E-state index is 12.7. The van der Waals surface area contributed by atoms with Gasteiger partial charge in [0.15, 0.2) is 0 Å². The van der Waals surface area contributed by atoms with E-state index in [0.717, 1.165) is 5.56 Å². The topological polar surface area (TPSA) is 84.5 Å². The quantitative estimate of drug-likeness (QED) is 0.825. The molecular formula is C18H15ClN2O4. The van der Waals surface area contributed by atoms with Crippen molar-refractivity contribution in [2.75, 3.05) is 17.7 Å². The predicted molar refractivity (Wildman–Crippen MR) is 93.9 cm³/mol. The number of benzene rings is 2. The summed E-state index contributed by atoms with van der Waals surface area (Å²) in [4.78, 5) is 36.2. The van der Waals surface area contributed by atoms with Gasteiger partial charge in [-0.3, -0.25) is 9.59 Å². The zero-order chi connectivity index (χ0) is 18.0. The van der Waals surface area contributed by atoms with Gasteiger partial charge >= 0.3 is 5.97 Å². The molecule has 25 heavy (non-hydrogen) atoms. The van der Waals surface area contributed by atoms with Crippen molar-refractivity contribution in [2.24, 2.45) is 0 Å². The number of para-hydroxylation sites is 1. The summed E-state index contributed by atoms with van der Waals surface area (Å²) in [6, 6.07) is 11.6. The number of hydrogen-bond acceptors (Lipinski definition) is 4. The van der Waals surface area contributed by atoms with E-state index < -0.39 is 11.9 Å². The lowest BCUT2D eigenvalue weighted by Crippen LogP contribution is -2.30. The van der Waals surface area contributed by atoms with E-state index in [0.29, 0.717) is 5.69 Å². The Morgan fingerprint density at radius 3 is 2.76 bits per heavy atom. The molecule has 2 aromatic rings. The first-order chi connectivity index (χ1) is 12.0. The Morgan fingerprint density at radius 2 is 2.00 bits per heavy atom. The van der Waals surface area contributed by atoms with Gasteiger partial charge in [-0.25, -0.2) is 4.79 Å². The fourth-order valence-electron chi connectivity index (χ4n) is 2.73. The van der Waals surface area contributed by atoms with Crippen molar-refractivity contribution in [1.82, 2.24) is 0 Å². The fourth-order valence-corrected chi connectivity index (χ4v) is 2.90. The van der Waals surface area contributed by atoms with Crippen LogP contribution in [0.3, 0.4) is 0 Å². The molecule has 0 fully saturated rings. The second-order valence-corrected chi connectivity index (χ2v) is 5.97. The summed E-state index contributed by atoms with van der Waals surface area (Å²) >= 11 is 6.11. The summed E-state index contributed by atoms with van der Waals surface area (Å²) in [5.41, 5.74) is 1.91. The molecule has 0 aromatic heterocycles. The summed E-state index contributed by atoms with van der Waals surface area (Å²) in [6.07, 6.45) is 0.0388. The number of methoxy groups -OCH3 is 1. The average Bonchev–Trinajstić information content (AvgIpc) is 2.62. The van der Waals surface area contributed by atoms with E-state index in [4.69, 9.17) is 11.6 Å². The second kappa shape index (κ2) is 6.94. The number of anilines is 2. The zero-order valence-electron chi connectivity index (χ0n) is 13.3. The zero-order valence-corrected chi connectivity index (χ0v) is 14.1. The molecule has 6 nitrogen and oxygen atoms in total. The van der Waals surface area contributed by atoms with Crippen LogP contribution in [0, 0.1) is 0 Å². The molecule has 0 spiro atoms. The van der Waals surface area contributed by atoms with Crippen molar-refractivity contribution in [1.29, 1.82) is 0 Å². The first-order valence-electron chi connectivity index (χ1n) is 7.57. The molecule has 1 aliphatic rings. The van der Waals surface area contributed by atoms with Crippen LogP contribution in [0.5, 0.6) is 0 Å². The van der Waals surface area contributed by atoms with Crippen LogP contribution in [0.1, 0.15) is 28.3 Å². The van der Waals surface area contributed by atoms with Crippen LogP contribution in [0.4, 0.5) is 11.4 Å². The van der Waals surface area contributed by atoms with Crippen LogP contribution in [-0.4, -0.2) is 24.9 Å². The Labute approximate surface area is 149 Å². The average molecular weight is 359 g/mol. The van der Waals surface area contributed by atoms with Crippen molar-refractivity contribution in [2.45, 2.75) is 12.3 Å². The van der Waals surface area contributed by atoms with E-state index in [1.54, 1.807) is 24.3 Å². The molecule has 7 heteroatoms. The second-order valence-electron chi connectivity index (χ2n) is 5.57. The number of hydrogen-bond donors (Lipinski definition) is 2. The van der Waals surface area contributed by atoms with E-state index >= 15 is 0 Å². The molecule has 2 N–H and O–H groups in total. The van der Waals surface area contributed by atoms with Gasteiger partial charge in [-0.05, 0) is 29.8 Å². The molecule has 0 aliphatic carbocycles. The summed E-state index contributed by atoms with van der Waals surface area (Å²) in [5, 5.41) is 5.73. The van der Waals surface area contributed by atoms with Crippen molar-refractivity contribution in [3.8, 4) is 0 Å². The summed E-state index contributed by atoms with van der Waals surface area (Å²) in [6.45, 7) is 0. The molecular weight excluding hydrogens is 344 g/mol. The predicted octanol–water partition coefficient (Wildman–Crippen LogP) is 3.19. The SMILES string of the molecule is COC(=O)c1ccc(Cl)c(NC(=O)[C@@H]2CC(=O)Nc3ccccc32)c1. The number of esters is 1. The smallest absolute Gasteiger partial charge is 0.337 e. The third-order valence-electron chi connectivity index (χ3n) is 3.96.